The summed E-state index contributed by atoms with van der Waals surface area (Å²) in [5.41, 5.74) is 2.36. The molecular weight excluding hydrogens is 442 g/mol. The Labute approximate surface area is 174 Å². The average Bonchev–Trinajstić information content (AvgIpc) is 2.70. The Balaban J connectivity index is 1.61. The molecule has 1 heterocycles. The molecule has 1 aliphatic rings. The van der Waals surface area contributed by atoms with Crippen LogP contribution >= 0.6 is 15.9 Å². The monoisotopic (exact) mass is 465 g/mol. The Bertz CT molecular complexity index is 941. The Hall–Kier alpha value is -1.74. The van der Waals surface area contributed by atoms with E-state index in [1.165, 1.54) is 0 Å². The highest BCUT2D eigenvalue weighted by Gasteiger charge is 2.25. The summed E-state index contributed by atoms with van der Waals surface area (Å²) in [4.78, 5) is 14.8. The Kier molecular flexibility index (Phi) is 6.87. The fraction of sp³-hybridized carbons (Fsp3) is 0.350. The molecule has 2 aromatic carbocycles. The smallest absolute Gasteiger partial charge is 0.255 e. The number of amides is 1. The van der Waals surface area contributed by atoms with Gasteiger partial charge in [-0.15, -0.1) is 0 Å². The van der Waals surface area contributed by atoms with Crippen molar-refractivity contribution in [2.45, 2.75) is 13.5 Å². The third-order valence-corrected chi connectivity index (χ3v) is 7.38. The minimum absolute atomic E-state index is 0.141. The molecule has 3 rings (SSSR count). The van der Waals surface area contributed by atoms with E-state index < -0.39 is 10.0 Å². The standard InChI is InChI=1S/C20H24BrN3O3S/c1-2-28(26,27)24-12-10-23(11-13-24)15-16-6-5-7-17(14-16)20(25)22-19-9-4-3-8-18(19)21/h3-9,14H,2,10-13,15H2,1H3,(H,22,25). The number of hydrogen-bond acceptors (Lipinski definition) is 4. The van der Waals surface area contributed by atoms with Crippen molar-refractivity contribution < 1.29 is 13.2 Å². The maximum Gasteiger partial charge on any atom is 0.255 e. The van der Waals surface area contributed by atoms with Gasteiger partial charge in [-0.05, 0) is 52.7 Å². The number of sulfonamides is 1. The Morgan fingerprint density at radius 3 is 2.46 bits per heavy atom. The van der Waals surface area contributed by atoms with Crippen molar-refractivity contribution in [3.05, 3.63) is 64.1 Å². The van der Waals surface area contributed by atoms with E-state index in [4.69, 9.17) is 0 Å². The number of piperazine rings is 1. The van der Waals surface area contributed by atoms with E-state index in [1.807, 2.05) is 42.5 Å². The van der Waals surface area contributed by atoms with E-state index in [0.717, 1.165) is 15.7 Å². The molecule has 28 heavy (non-hydrogen) atoms. The molecular formula is C20H24BrN3O3S. The summed E-state index contributed by atoms with van der Waals surface area (Å²) < 4.78 is 26.3. The predicted molar refractivity (Wildman–Crippen MR) is 115 cm³/mol. The molecule has 0 aliphatic carbocycles. The van der Waals surface area contributed by atoms with Crippen LogP contribution in [0.1, 0.15) is 22.8 Å². The van der Waals surface area contributed by atoms with Crippen molar-refractivity contribution in [2.75, 3.05) is 37.2 Å². The number of anilines is 1. The highest BCUT2D eigenvalue weighted by molar-refractivity contribution is 9.10. The Morgan fingerprint density at radius 1 is 1.07 bits per heavy atom. The summed E-state index contributed by atoms with van der Waals surface area (Å²) in [6.07, 6.45) is 0. The minimum atomic E-state index is -3.12. The molecule has 8 heteroatoms. The molecule has 1 N–H and O–H groups in total. The lowest BCUT2D eigenvalue weighted by Crippen LogP contribution is -2.48. The quantitative estimate of drug-likeness (QED) is 0.710. The highest BCUT2D eigenvalue weighted by Crippen LogP contribution is 2.22. The lowest BCUT2D eigenvalue weighted by atomic mass is 10.1. The lowest BCUT2D eigenvalue weighted by molar-refractivity contribution is 0.102. The fourth-order valence-corrected chi connectivity index (χ4v) is 4.64. The first-order valence-corrected chi connectivity index (χ1v) is 11.6. The maximum atomic E-state index is 12.6. The van der Waals surface area contributed by atoms with Crippen LogP contribution in [0.5, 0.6) is 0 Å². The highest BCUT2D eigenvalue weighted by atomic mass is 79.9. The van der Waals surface area contributed by atoms with Crippen molar-refractivity contribution >= 4 is 37.5 Å². The summed E-state index contributed by atoms with van der Waals surface area (Å²) >= 11 is 3.43. The van der Waals surface area contributed by atoms with E-state index in [2.05, 4.69) is 26.1 Å². The maximum absolute atomic E-state index is 12.6. The van der Waals surface area contributed by atoms with Gasteiger partial charge in [0.25, 0.3) is 5.91 Å². The number of carbonyl (C=O) groups excluding carboxylic acids is 1. The van der Waals surface area contributed by atoms with Crippen molar-refractivity contribution in [1.82, 2.24) is 9.21 Å². The van der Waals surface area contributed by atoms with Gasteiger partial charge in [-0.2, -0.15) is 4.31 Å². The molecule has 1 amide bonds. The van der Waals surface area contributed by atoms with Gasteiger partial charge < -0.3 is 5.32 Å². The molecule has 0 unspecified atom stereocenters. The van der Waals surface area contributed by atoms with Gasteiger partial charge in [0.15, 0.2) is 0 Å². The molecule has 0 spiro atoms. The first kappa shape index (κ1) is 21.0. The van der Waals surface area contributed by atoms with Crippen molar-refractivity contribution in [2.24, 2.45) is 0 Å². The number of carbonyl (C=O) groups is 1. The van der Waals surface area contributed by atoms with Crippen LogP contribution in [0.25, 0.3) is 0 Å². The molecule has 0 bridgehead atoms. The summed E-state index contributed by atoms with van der Waals surface area (Å²) in [6.45, 7) is 4.76. The van der Waals surface area contributed by atoms with Crippen molar-refractivity contribution in [1.29, 1.82) is 0 Å². The van der Waals surface area contributed by atoms with Gasteiger partial charge in [0.2, 0.25) is 10.0 Å². The van der Waals surface area contributed by atoms with Gasteiger partial charge in [0.05, 0.1) is 11.4 Å². The lowest BCUT2D eigenvalue weighted by Gasteiger charge is -2.33. The van der Waals surface area contributed by atoms with E-state index >= 15 is 0 Å². The molecule has 6 nitrogen and oxygen atoms in total. The van der Waals surface area contributed by atoms with Gasteiger partial charge in [0.1, 0.15) is 0 Å². The van der Waals surface area contributed by atoms with Crippen LogP contribution in [0.2, 0.25) is 0 Å². The molecule has 0 aromatic heterocycles. The first-order valence-electron chi connectivity index (χ1n) is 9.24. The van der Waals surface area contributed by atoms with Gasteiger partial charge in [-0.3, -0.25) is 9.69 Å². The largest absolute Gasteiger partial charge is 0.321 e. The zero-order valence-electron chi connectivity index (χ0n) is 15.8. The third kappa shape index (κ3) is 5.20. The van der Waals surface area contributed by atoms with Crippen LogP contribution in [0.3, 0.4) is 0 Å². The number of rotatable bonds is 6. The average molecular weight is 466 g/mol. The number of nitrogens with zero attached hydrogens (tertiary/aromatic N) is 2. The van der Waals surface area contributed by atoms with Gasteiger partial charge in [0, 0.05) is 42.8 Å². The van der Waals surface area contributed by atoms with Crippen LogP contribution in [0, 0.1) is 0 Å². The second-order valence-electron chi connectivity index (χ2n) is 6.71. The Morgan fingerprint density at radius 2 is 1.79 bits per heavy atom. The number of para-hydroxylation sites is 1. The van der Waals surface area contributed by atoms with Crippen molar-refractivity contribution in [3.63, 3.8) is 0 Å². The van der Waals surface area contributed by atoms with Crippen LogP contribution < -0.4 is 5.32 Å². The topological polar surface area (TPSA) is 69.7 Å². The van der Waals surface area contributed by atoms with E-state index in [9.17, 15) is 13.2 Å². The summed E-state index contributed by atoms with van der Waals surface area (Å²) in [7, 11) is -3.12. The second-order valence-corrected chi connectivity index (χ2v) is 9.82. The van der Waals surface area contributed by atoms with Crippen LogP contribution in [0.15, 0.2) is 53.0 Å². The van der Waals surface area contributed by atoms with Crippen molar-refractivity contribution in [3.8, 4) is 0 Å². The molecule has 0 saturated carbocycles. The molecule has 0 radical (unpaired) electrons. The summed E-state index contributed by atoms with van der Waals surface area (Å²) in [6, 6.07) is 15.0. The zero-order valence-corrected chi connectivity index (χ0v) is 18.2. The van der Waals surface area contributed by atoms with Gasteiger partial charge in [-0.1, -0.05) is 24.3 Å². The van der Waals surface area contributed by atoms with E-state index in [0.29, 0.717) is 38.3 Å². The van der Waals surface area contributed by atoms with E-state index in [-0.39, 0.29) is 11.7 Å². The molecule has 1 aliphatic heterocycles. The van der Waals surface area contributed by atoms with E-state index in [1.54, 1.807) is 17.3 Å². The zero-order chi connectivity index (χ0) is 20.1. The summed E-state index contributed by atoms with van der Waals surface area (Å²) in [5.74, 6) is -0.0191. The number of nitrogens with one attached hydrogen (secondary N) is 1. The fourth-order valence-electron chi connectivity index (χ4n) is 3.17. The minimum Gasteiger partial charge on any atom is -0.321 e. The van der Waals surface area contributed by atoms with Crippen LogP contribution in [-0.4, -0.2) is 55.5 Å². The SMILES string of the molecule is CCS(=O)(=O)N1CCN(Cc2cccc(C(=O)Nc3ccccc3Br)c2)CC1. The normalized spacial score (nSPS) is 16.1. The molecule has 2 aromatic rings. The molecule has 0 atom stereocenters. The first-order chi connectivity index (χ1) is 13.4. The number of halogens is 1. The predicted octanol–water partition coefficient (Wildman–Crippen LogP) is 3.17. The summed E-state index contributed by atoms with van der Waals surface area (Å²) in [5, 5.41) is 2.91. The number of hydrogen-bond donors (Lipinski definition) is 1. The van der Waals surface area contributed by atoms with Gasteiger partial charge in [-0.25, -0.2) is 8.42 Å². The number of benzene rings is 2. The van der Waals surface area contributed by atoms with Crippen LogP contribution in [0.4, 0.5) is 5.69 Å². The molecule has 1 saturated heterocycles. The molecule has 150 valence electrons. The van der Waals surface area contributed by atoms with Crippen LogP contribution in [-0.2, 0) is 16.6 Å². The second kappa shape index (κ2) is 9.17. The third-order valence-electron chi connectivity index (χ3n) is 4.81. The molecule has 1 fully saturated rings. The van der Waals surface area contributed by atoms with Gasteiger partial charge >= 0.3 is 0 Å².